The predicted molar refractivity (Wildman–Crippen MR) is 98.2 cm³/mol. The lowest BCUT2D eigenvalue weighted by molar-refractivity contribution is -0.131. The molecule has 1 N–H and O–H groups in total. The van der Waals surface area contributed by atoms with Crippen molar-refractivity contribution in [2.45, 2.75) is 50.3 Å². The maximum absolute atomic E-state index is 12.8. The average molecular weight is 378 g/mol. The van der Waals surface area contributed by atoms with Crippen LogP contribution in [0.15, 0.2) is 24.3 Å². The zero-order valence-corrected chi connectivity index (χ0v) is 15.9. The number of carbonyl (C=O) groups excluding carboxylic acids is 1. The number of hydrogen-bond acceptors (Lipinski definition) is 4. The molecule has 142 valence electrons. The Morgan fingerprint density at radius 1 is 1.19 bits per heavy atom. The van der Waals surface area contributed by atoms with Crippen molar-refractivity contribution in [3.63, 3.8) is 0 Å². The summed E-state index contributed by atoms with van der Waals surface area (Å²) < 4.78 is 31.5. The van der Waals surface area contributed by atoms with E-state index in [-0.39, 0.29) is 30.0 Å². The molecule has 0 aromatic heterocycles. The molecule has 0 radical (unpaired) electrons. The Bertz CT molecular complexity index is 769. The van der Waals surface area contributed by atoms with Gasteiger partial charge in [0, 0.05) is 18.5 Å². The van der Waals surface area contributed by atoms with E-state index in [2.05, 4.69) is 17.4 Å². The second-order valence-corrected chi connectivity index (χ2v) is 9.68. The number of benzene rings is 1. The first-order valence-corrected chi connectivity index (χ1v) is 11.2. The van der Waals surface area contributed by atoms with Gasteiger partial charge in [0.15, 0.2) is 0 Å². The number of nitrogens with one attached hydrogen (secondary N) is 1. The van der Waals surface area contributed by atoms with Crippen LogP contribution in [0.4, 0.5) is 0 Å². The van der Waals surface area contributed by atoms with Crippen LogP contribution in [-0.2, 0) is 32.4 Å². The third-order valence-electron chi connectivity index (χ3n) is 5.96. The summed E-state index contributed by atoms with van der Waals surface area (Å²) in [5.74, 6) is -0.0915. The molecule has 1 aliphatic heterocycles. The molecular formula is C19H26N2O4S. The van der Waals surface area contributed by atoms with Crippen molar-refractivity contribution in [1.82, 2.24) is 9.62 Å². The molecule has 1 saturated heterocycles. The Morgan fingerprint density at radius 3 is 2.54 bits per heavy atom. The Labute approximate surface area is 155 Å². The van der Waals surface area contributed by atoms with Gasteiger partial charge >= 0.3 is 0 Å². The lowest BCUT2D eigenvalue weighted by atomic mass is 9.82. The number of nitrogens with zero attached hydrogens (tertiary/aromatic N) is 1. The maximum atomic E-state index is 12.8. The Morgan fingerprint density at radius 2 is 1.88 bits per heavy atom. The van der Waals surface area contributed by atoms with Crippen LogP contribution in [0, 0.1) is 5.92 Å². The molecule has 1 aromatic rings. The summed E-state index contributed by atoms with van der Waals surface area (Å²) in [5, 5.41) is 3.20. The molecule has 0 bridgehead atoms. The summed E-state index contributed by atoms with van der Waals surface area (Å²) in [6.07, 6.45) is 4.94. The fraction of sp³-hybridized carbons (Fsp3) is 0.632. The van der Waals surface area contributed by atoms with Crippen molar-refractivity contribution in [2.75, 3.05) is 19.4 Å². The number of sulfonamides is 1. The van der Waals surface area contributed by atoms with Crippen LogP contribution < -0.4 is 5.32 Å². The van der Waals surface area contributed by atoms with Gasteiger partial charge in [-0.05, 0) is 43.2 Å². The van der Waals surface area contributed by atoms with Gasteiger partial charge in [0.25, 0.3) is 0 Å². The summed E-state index contributed by atoms with van der Waals surface area (Å²) in [6.45, 7) is 0.817. The molecule has 0 spiro atoms. The van der Waals surface area contributed by atoms with Crippen LogP contribution in [0.25, 0.3) is 0 Å². The number of hydrogen-bond donors (Lipinski definition) is 1. The van der Waals surface area contributed by atoms with Crippen molar-refractivity contribution in [3.8, 4) is 0 Å². The number of rotatable bonds is 3. The molecule has 1 saturated carbocycles. The molecule has 1 heterocycles. The monoisotopic (exact) mass is 378 g/mol. The number of carbonyl (C=O) groups is 1. The first kappa shape index (κ1) is 17.9. The molecule has 26 heavy (non-hydrogen) atoms. The highest BCUT2D eigenvalue weighted by molar-refractivity contribution is 7.88. The minimum Gasteiger partial charge on any atom is -0.375 e. The fourth-order valence-electron chi connectivity index (χ4n) is 4.71. The van der Waals surface area contributed by atoms with Gasteiger partial charge in [-0.25, -0.2) is 8.42 Å². The minimum absolute atomic E-state index is 0.0558. The van der Waals surface area contributed by atoms with Crippen molar-refractivity contribution in [2.24, 2.45) is 5.92 Å². The van der Waals surface area contributed by atoms with Gasteiger partial charge in [0.05, 0.1) is 25.0 Å². The Hall–Kier alpha value is -1.44. The third kappa shape index (κ3) is 3.52. The van der Waals surface area contributed by atoms with Gasteiger partial charge in [-0.15, -0.1) is 0 Å². The van der Waals surface area contributed by atoms with Gasteiger partial charge in [0.1, 0.15) is 0 Å². The lowest BCUT2D eigenvalue weighted by Crippen LogP contribution is -2.57. The van der Waals surface area contributed by atoms with Gasteiger partial charge < -0.3 is 10.1 Å². The average Bonchev–Trinajstić information content (AvgIpc) is 3.02. The topological polar surface area (TPSA) is 75.7 Å². The molecule has 3 aliphatic rings. The standard InChI is InChI=1S/C19H26N2O4S/c1-26(23,24)21-8-9-25-18-7-6-15(12-17(18)21)19(22)20-16-10-13-4-2-3-5-14(13)11-16/h2-5,15-18H,6-12H2,1H3,(H,20,22)/t15-,17+,18+/m0/s1. The lowest BCUT2D eigenvalue weighted by Gasteiger charge is -2.44. The summed E-state index contributed by atoms with van der Waals surface area (Å²) in [7, 11) is -3.28. The molecule has 3 atom stereocenters. The number of fused-ring (bicyclic) bond motifs is 2. The summed E-state index contributed by atoms with van der Waals surface area (Å²) in [6, 6.07) is 8.24. The fourth-order valence-corrected chi connectivity index (χ4v) is 5.83. The smallest absolute Gasteiger partial charge is 0.223 e. The molecule has 1 amide bonds. The molecular weight excluding hydrogens is 352 g/mol. The van der Waals surface area contributed by atoms with Crippen LogP contribution in [0.3, 0.4) is 0 Å². The predicted octanol–water partition coefficient (Wildman–Crippen LogP) is 1.10. The van der Waals surface area contributed by atoms with Crippen LogP contribution >= 0.6 is 0 Å². The van der Waals surface area contributed by atoms with Gasteiger partial charge in [0.2, 0.25) is 15.9 Å². The van der Waals surface area contributed by atoms with Crippen molar-refractivity contribution in [1.29, 1.82) is 0 Å². The van der Waals surface area contributed by atoms with E-state index in [0.29, 0.717) is 19.6 Å². The van der Waals surface area contributed by atoms with Crippen molar-refractivity contribution >= 4 is 15.9 Å². The zero-order chi connectivity index (χ0) is 18.3. The van der Waals surface area contributed by atoms with E-state index in [1.807, 2.05) is 12.1 Å². The maximum Gasteiger partial charge on any atom is 0.223 e. The molecule has 2 aliphatic carbocycles. The molecule has 1 aromatic carbocycles. The van der Waals surface area contributed by atoms with Crippen LogP contribution in [0.2, 0.25) is 0 Å². The number of morpholine rings is 1. The second kappa shape index (κ2) is 6.94. The van der Waals surface area contributed by atoms with Crippen LogP contribution in [0.5, 0.6) is 0 Å². The highest BCUT2D eigenvalue weighted by Gasteiger charge is 2.43. The quantitative estimate of drug-likeness (QED) is 0.855. The first-order chi connectivity index (χ1) is 12.4. The zero-order valence-electron chi connectivity index (χ0n) is 15.1. The second-order valence-electron chi connectivity index (χ2n) is 7.74. The van der Waals surface area contributed by atoms with E-state index in [1.165, 1.54) is 21.7 Å². The van der Waals surface area contributed by atoms with E-state index >= 15 is 0 Å². The molecule has 2 fully saturated rings. The Balaban J connectivity index is 1.40. The first-order valence-electron chi connectivity index (χ1n) is 9.37. The van der Waals surface area contributed by atoms with E-state index < -0.39 is 10.0 Å². The molecule has 7 heteroatoms. The molecule has 0 unspecified atom stereocenters. The minimum atomic E-state index is -3.28. The summed E-state index contributed by atoms with van der Waals surface area (Å²) in [5.41, 5.74) is 2.62. The summed E-state index contributed by atoms with van der Waals surface area (Å²) >= 11 is 0. The van der Waals surface area contributed by atoms with E-state index in [0.717, 1.165) is 25.7 Å². The van der Waals surface area contributed by atoms with E-state index in [1.54, 1.807) is 0 Å². The van der Waals surface area contributed by atoms with Gasteiger partial charge in [-0.1, -0.05) is 24.3 Å². The van der Waals surface area contributed by atoms with Gasteiger partial charge in [-0.2, -0.15) is 4.31 Å². The summed E-state index contributed by atoms with van der Waals surface area (Å²) in [4.78, 5) is 12.8. The normalized spacial score (nSPS) is 29.8. The van der Waals surface area contributed by atoms with Crippen molar-refractivity contribution in [3.05, 3.63) is 35.4 Å². The SMILES string of the molecule is CS(=O)(=O)N1CCO[C@@H]2CC[C@H](C(=O)NC3Cc4ccccc4C3)C[C@H]21. The Kier molecular flexibility index (Phi) is 4.79. The van der Waals surface area contributed by atoms with E-state index in [9.17, 15) is 13.2 Å². The number of amides is 1. The van der Waals surface area contributed by atoms with Crippen LogP contribution in [0.1, 0.15) is 30.4 Å². The van der Waals surface area contributed by atoms with E-state index in [4.69, 9.17) is 4.74 Å². The highest BCUT2D eigenvalue weighted by atomic mass is 32.2. The molecule has 6 nitrogen and oxygen atoms in total. The number of ether oxygens (including phenoxy) is 1. The largest absolute Gasteiger partial charge is 0.375 e. The van der Waals surface area contributed by atoms with Crippen LogP contribution in [-0.4, -0.2) is 56.2 Å². The van der Waals surface area contributed by atoms with Crippen molar-refractivity contribution < 1.29 is 17.9 Å². The van der Waals surface area contributed by atoms with Gasteiger partial charge in [-0.3, -0.25) is 4.79 Å². The molecule has 4 rings (SSSR count). The third-order valence-corrected chi connectivity index (χ3v) is 7.27. The highest BCUT2D eigenvalue weighted by Crippen LogP contribution is 2.34.